The van der Waals surface area contributed by atoms with Gasteiger partial charge in [0.1, 0.15) is 12.5 Å². The van der Waals surface area contributed by atoms with Crippen LogP contribution in [0.2, 0.25) is 0 Å². The number of methoxy groups -OCH3 is 2. The van der Waals surface area contributed by atoms with E-state index in [9.17, 15) is 4.79 Å². The van der Waals surface area contributed by atoms with Gasteiger partial charge in [-0.1, -0.05) is 54.6 Å². The Hall–Kier alpha value is -3.15. The van der Waals surface area contributed by atoms with E-state index in [-0.39, 0.29) is 0 Å². The van der Waals surface area contributed by atoms with E-state index in [1.165, 1.54) is 36.8 Å². The Morgan fingerprint density at radius 3 is 2.31 bits per heavy atom. The van der Waals surface area contributed by atoms with Crippen LogP contribution in [0, 0.1) is 17.8 Å². The number of carbonyl (C=O) groups is 1. The van der Waals surface area contributed by atoms with E-state index >= 15 is 0 Å². The number of carboxylic acids is 1. The van der Waals surface area contributed by atoms with Gasteiger partial charge < -0.3 is 19.3 Å². The first kappa shape index (κ1) is 25.0. The lowest BCUT2D eigenvalue weighted by Crippen LogP contribution is -2.27. The molecule has 0 spiro atoms. The summed E-state index contributed by atoms with van der Waals surface area (Å²) in [5.74, 6) is 2.44. The summed E-state index contributed by atoms with van der Waals surface area (Å²) in [5, 5.41) is 8.75. The van der Waals surface area contributed by atoms with Gasteiger partial charge in [-0.2, -0.15) is 0 Å². The van der Waals surface area contributed by atoms with Crippen molar-refractivity contribution in [1.82, 2.24) is 0 Å². The van der Waals surface area contributed by atoms with Gasteiger partial charge in [0.15, 0.2) is 0 Å². The molecule has 1 unspecified atom stereocenters. The molecule has 2 aliphatic carbocycles. The highest BCUT2D eigenvalue weighted by Gasteiger charge is 2.39. The molecule has 3 aromatic rings. The third-order valence-electron chi connectivity index (χ3n) is 7.26. The quantitative estimate of drug-likeness (QED) is 0.331. The standard InChI is InChI=1S/C17H24O3.C13H10O2/c1-18-11-20-10-14-7-6-13-9-16-12(8-15(13)14)4-3-5-17(16)19-2;14-13(15)12-8-6-11(7-9-12)10-4-2-1-3-5-10/h3-5,13-15H,6-11H2,1-2H3;1-9H,(H,14,15)/t13?,14-,15+;/m1./s1. The summed E-state index contributed by atoms with van der Waals surface area (Å²) in [6.07, 6.45) is 4.96. The van der Waals surface area contributed by atoms with Crippen LogP contribution in [0.25, 0.3) is 11.1 Å². The van der Waals surface area contributed by atoms with Gasteiger partial charge in [0, 0.05) is 7.11 Å². The van der Waals surface area contributed by atoms with Crippen LogP contribution in [0.5, 0.6) is 5.75 Å². The maximum Gasteiger partial charge on any atom is 0.335 e. The number of ether oxygens (including phenoxy) is 3. The topological polar surface area (TPSA) is 65.0 Å². The first-order valence-corrected chi connectivity index (χ1v) is 12.2. The van der Waals surface area contributed by atoms with E-state index in [1.54, 1.807) is 26.4 Å². The molecule has 5 heteroatoms. The van der Waals surface area contributed by atoms with Gasteiger partial charge in [0.2, 0.25) is 0 Å². The SMILES string of the molecule is COCOC[C@H]1CCC2Cc3c(cccc3OC)C[C@@H]21.O=C(O)c1ccc(-c2ccccc2)cc1. The van der Waals surface area contributed by atoms with Crippen molar-refractivity contribution in [3.8, 4) is 16.9 Å². The number of benzene rings is 3. The van der Waals surface area contributed by atoms with Crippen molar-refractivity contribution < 1.29 is 24.1 Å². The minimum absolute atomic E-state index is 0.315. The molecule has 3 aromatic carbocycles. The highest BCUT2D eigenvalue weighted by atomic mass is 16.7. The molecule has 3 atom stereocenters. The number of fused-ring (bicyclic) bond motifs is 2. The smallest absolute Gasteiger partial charge is 0.335 e. The number of rotatable bonds is 7. The summed E-state index contributed by atoms with van der Waals surface area (Å²) >= 11 is 0. The molecular weight excluding hydrogens is 440 g/mol. The second kappa shape index (κ2) is 12.0. The van der Waals surface area contributed by atoms with Crippen LogP contribution in [0.3, 0.4) is 0 Å². The Morgan fingerprint density at radius 1 is 0.886 bits per heavy atom. The maximum atomic E-state index is 10.6. The molecule has 1 N–H and O–H groups in total. The van der Waals surface area contributed by atoms with Gasteiger partial charge in [-0.3, -0.25) is 0 Å². The summed E-state index contributed by atoms with van der Waals surface area (Å²) in [6, 6.07) is 23.2. The predicted molar refractivity (Wildman–Crippen MR) is 137 cm³/mol. The molecule has 1 saturated carbocycles. The average Bonchev–Trinajstić information content (AvgIpc) is 3.30. The highest BCUT2D eigenvalue weighted by molar-refractivity contribution is 5.88. The van der Waals surface area contributed by atoms with E-state index in [1.807, 2.05) is 42.5 Å². The zero-order chi connectivity index (χ0) is 24.6. The fourth-order valence-electron chi connectivity index (χ4n) is 5.49. The molecule has 2 aliphatic rings. The largest absolute Gasteiger partial charge is 0.496 e. The fourth-order valence-corrected chi connectivity index (χ4v) is 5.49. The van der Waals surface area contributed by atoms with Gasteiger partial charge >= 0.3 is 5.97 Å². The molecule has 0 amide bonds. The van der Waals surface area contributed by atoms with Crippen LogP contribution < -0.4 is 4.74 Å². The van der Waals surface area contributed by atoms with Crippen molar-refractivity contribution in [3.63, 3.8) is 0 Å². The minimum Gasteiger partial charge on any atom is -0.496 e. The van der Waals surface area contributed by atoms with Crippen molar-refractivity contribution in [2.75, 3.05) is 27.6 Å². The van der Waals surface area contributed by atoms with Crippen LogP contribution in [0.1, 0.15) is 34.3 Å². The zero-order valence-corrected chi connectivity index (χ0v) is 20.5. The van der Waals surface area contributed by atoms with Gasteiger partial charge in [-0.15, -0.1) is 0 Å². The van der Waals surface area contributed by atoms with E-state index in [2.05, 4.69) is 18.2 Å². The number of carboxylic acid groups (broad SMARTS) is 1. The predicted octanol–water partition coefficient (Wildman–Crippen LogP) is 6.11. The number of aromatic carboxylic acids is 1. The van der Waals surface area contributed by atoms with Crippen molar-refractivity contribution in [3.05, 3.63) is 89.5 Å². The Balaban J connectivity index is 0.000000172. The summed E-state index contributed by atoms with van der Waals surface area (Å²) in [4.78, 5) is 10.6. The zero-order valence-electron chi connectivity index (χ0n) is 20.5. The molecule has 0 saturated heterocycles. The monoisotopic (exact) mass is 474 g/mol. The summed E-state index contributed by atoms with van der Waals surface area (Å²) in [7, 11) is 3.46. The van der Waals surface area contributed by atoms with Gasteiger partial charge in [-0.05, 0) is 83.9 Å². The molecule has 0 heterocycles. The third-order valence-corrected chi connectivity index (χ3v) is 7.26. The van der Waals surface area contributed by atoms with E-state index in [0.29, 0.717) is 18.3 Å². The molecule has 0 aromatic heterocycles. The summed E-state index contributed by atoms with van der Waals surface area (Å²) in [6.45, 7) is 1.26. The molecule has 0 bridgehead atoms. The van der Waals surface area contributed by atoms with Crippen LogP contribution in [0.4, 0.5) is 0 Å². The average molecular weight is 475 g/mol. The molecule has 5 nitrogen and oxygen atoms in total. The van der Waals surface area contributed by atoms with Gasteiger partial charge in [-0.25, -0.2) is 4.79 Å². The van der Waals surface area contributed by atoms with Crippen LogP contribution in [0.15, 0.2) is 72.8 Å². The van der Waals surface area contributed by atoms with Crippen LogP contribution >= 0.6 is 0 Å². The second-order valence-corrected chi connectivity index (χ2v) is 9.29. The normalized spacial score (nSPS) is 20.2. The Kier molecular flexibility index (Phi) is 8.56. The lowest BCUT2D eigenvalue weighted by molar-refractivity contribution is -0.0487. The molecule has 0 radical (unpaired) electrons. The first-order valence-electron chi connectivity index (χ1n) is 12.2. The Bertz CT molecular complexity index is 1090. The molecule has 35 heavy (non-hydrogen) atoms. The van der Waals surface area contributed by atoms with Crippen molar-refractivity contribution in [1.29, 1.82) is 0 Å². The molecule has 1 fully saturated rings. The summed E-state index contributed by atoms with van der Waals surface area (Å²) < 4.78 is 16.1. The molecular formula is C30H34O5. The lowest BCUT2D eigenvalue weighted by atomic mass is 9.75. The van der Waals surface area contributed by atoms with E-state index in [0.717, 1.165) is 35.3 Å². The van der Waals surface area contributed by atoms with Gasteiger partial charge in [0.05, 0.1) is 19.3 Å². The van der Waals surface area contributed by atoms with Gasteiger partial charge in [0.25, 0.3) is 0 Å². The lowest BCUT2D eigenvalue weighted by Gasteiger charge is -2.32. The first-order chi connectivity index (χ1) is 17.1. The third kappa shape index (κ3) is 6.11. The molecule has 5 rings (SSSR count). The summed E-state index contributed by atoms with van der Waals surface area (Å²) in [5.41, 5.74) is 5.35. The number of hydrogen-bond acceptors (Lipinski definition) is 4. The minimum atomic E-state index is -0.894. The molecule has 184 valence electrons. The number of hydrogen-bond donors (Lipinski definition) is 1. The Morgan fingerprint density at radius 2 is 1.63 bits per heavy atom. The van der Waals surface area contributed by atoms with Crippen molar-refractivity contribution >= 4 is 5.97 Å². The van der Waals surface area contributed by atoms with Crippen LogP contribution in [-0.2, 0) is 22.3 Å². The second-order valence-electron chi connectivity index (χ2n) is 9.29. The maximum absolute atomic E-state index is 10.6. The van der Waals surface area contributed by atoms with E-state index < -0.39 is 5.97 Å². The van der Waals surface area contributed by atoms with Crippen molar-refractivity contribution in [2.45, 2.75) is 25.7 Å². The van der Waals surface area contributed by atoms with E-state index in [4.69, 9.17) is 19.3 Å². The van der Waals surface area contributed by atoms with Crippen molar-refractivity contribution in [2.24, 2.45) is 17.8 Å². The fraction of sp³-hybridized carbons (Fsp3) is 0.367. The Labute approximate surface area is 207 Å². The molecule has 0 aliphatic heterocycles. The van der Waals surface area contributed by atoms with Crippen LogP contribution in [-0.4, -0.2) is 38.7 Å². The highest BCUT2D eigenvalue weighted by Crippen LogP contribution is 2.46.